The van der Waals surface area contributed by atoms with Gasteiger partial charge in [0.05, 0.1) is 6.54 Å². The van der Waals surface area contributed by atoms with Crippen molar-refractivity contribution in [3.8, 4) is 0 Å². The van der Waals surface area contributed by atoms with Crippen LogP contribution in [0.3, 0.4) is 0 Å². The van der Waals surface area contributed by atoms with Crippen molar-refractivity contribution in [1.82, 2.24) is 4.90 Å². The van der Waals surface area contributed by atoms with Crippen LogP contribution < -0.4 is 0 Å². The number of piperidine rings is 1. The number of likely N-dealkylation sites (tertiary alicyclic amines) is 1. The summed E-state index contributed by atoms with van der Waals surface area (Å²) in [5.41, 5.74) is -0.236. The third-order valence-electron chi connectivity index (χ3n) is 2.72. The lowest BCUT2D eigenvalue weighted by atomic mass is 9.82. The molecule has 0 atom stereocenters. The van der Waals surface area contributed by atoms with Gasteiger partial charge in [-0.05, 0) is 5.41 Å². The highest BCUT2D eigenvalue weighted by atomic mass is 16.7. The molecule has 0 N–H and O–H groups in total. The standard InChI is InChI=1S/C11H19NO4/c1-11(2)5-8(13)12(9(14)6-11)7-10(15-3)16-4/h10H,5-7H2,1-4H3. The molecule has 0 aliphatic carbocycles. The summed E-state index contributed by atoms with van der Waals surface area (Å²) in [5.74, 6) is -0.305. The maximum Gasteiger partial charge on any atom is 0.229 e. The first kappa shape index (κ1) is 13.1. The number of hydrogen-bond donors (Lipinski definition) is 0. The highest BCUT2D eigenvalue weighted by Gasteiger charge is 2.38. The molecule has 1 saturated heterocycles. The van der Waals surface area contributed by atoms with Gasteiger partial charge in [0.1, 0.15) is 0 Å². The van der Waals surface area contributed by atoms with E-state index in [1.807, 2.05) is 13.8 Å². The molecule has 1 rings (SSSR count). The minimum atomic E-state index is -0.547. The molecule has 0 spiro atoms. The molecule has 0 aromatic carbocycles. The third-order valence-corrected chi connectivity index (χ3v) is 2.72. The Morgan fingerprint density at radius 1 is 1.19 bits per heavy atom. The van der Waals surface area contributed by atoms with E-state index in [0.717, 1.165) is 0 Å². The molecule has 0 saturated carbocycles. The van der Waals surface area contributed by atoms with E-state index in [-0.39, 0.29) is 23.8 Å². The van der Waals surface area contributed by atoms with Gasteiger partial charge in [-0.3, -0.25) is 14.5 Å². The predicted octanol–water partition coefficient (Wildman–Crippen LogP) is 0.780. The smallest absolute Gasteiger partial charge is 0.229 e. The first-order valence-corrected chi connectivity index (χ1v) is 5.28. The Hall–Kier alpha value is -0.940. The molecule has 16 heavy (non-hydrogen) atoms. The largest absolute Gasteiger partial charge is 0.354 e. The maximum atomic E-state index is 11.8. The minimum absolute atomic E-state index is 0.152. The van der Waals surface area contributed by atoms with Crippen molar-refractivity contribution in [2.45, 2.75) is 33.0 Å². The fourth-order valence-corrected chi connectivity index (χ4v) is 1.81. The van der Waals surface area contributed by atoms with Gasteiger partial charge in [0.15, 0.2) is 6.29 Å². The average Bonchev–Trinajstić information content (AvgIpc) is 2.15. The second kappa shape index (κ2) is 4.93. The molecule has 5 nitrogen and oxygen atoms in total. The van der Waals surface area contributed by atoms with Crippen LogP contribution in [0.15, 0.2) is 0 Å². The van der Waals surface area contributed by atoms with Crippen molar-refractivity contribution in [2.24, 2.45) is 5.41 Å². The average molecular weight is 229 g/mol. The van der Waals surface area contributed by atoms with Gasteiger partial charge < -0.3 is 9.47 Å². The Labute approximate surface area is 95.7 Å². The maximum absolute atomic E-state index is 11.8. The van der Waals surface area contributed by atoms with Gasteiger partial charge >= 0.3 is 0 Å². The molecule has 0 aromatic heterocycles. The van der Waals surface area contributed by atoms with Gasteiger partial charge in [-0.2, -0.15) is 0 Å². The van der Waals surface area contributed by atoms with Crippen LogP contribution in [-0.2, 0) is 19.1 Å². The Balaban J connectivity index is 2.68. The van der Waals surface area contributed by atoms with Gasteiger partial charge in [0.25, 0.3) is 0 Å². The highest BCUT2D eigenvalue weighted by molar-refractivity contribution is 5.98. The Morgan fingerprint density at radius 3 is 2.00 bits per heavy atom. The number of imide groups is 1. The highest BCUT2D eigenvalue weighted by Crippen LogP contribution is 2.31. The lowest BCUT2D eigenvalue weighted by molar-refractivity contribution is -0.164. The van der Waals surface area contributed by atoms with Crippen LogP contribution in [0.4, 0.5) is 0 Å². The Bertz CT molecular complexity index is 264. The topological polar surface area (TPSA) is 55.8 Å². The van der Waals surface area contributed by atoms with Crippen molar-refractivity contribution in [2.75, 3.05) is 20.8 Å². The van der Waals surface area contributed by atoms with Crippen LogP contribution in [0.5, 0.6) is 0 Å². The number of rotatable bonds is 4. The zero-order chi connectivity index (χ0) is 12.3. The molecular formula is C11H19NO4. The Kier molecular flexibility index (Phi) is 4.04. The Morgan fingerprint density at radius 2 is 1.62 bits per heavy atom. The van der Waals surface area contributed by atoms with Gasteiger partial charge in [0.2, 0.25) is 11.8 Å². The minimum Gasteiger partial charge on any atom is -0.354 e. The van der Waals surface area contributed by atoms with Crippen molar-refractivity contribution in [1.29, 1.82) is 0 Å². The second-order valence-electron chi connectivity index (χ2n) is 4.82. The fourth-order valence-electron chi connectivity index (χ4n) is 1.81. The van der Waals surface area contributed by atoms with E-state index >= 15 is 0 Å². The predicted molar refractivity (Wildman–Crippen MR) is 57.5 cm³/mol. The quantitative estimate of drug-likeness (QED) is 0.528. The zero-order valence-corrected chi connectivity index (χ0v) is 10.3. The van der Waals surface area contributed by atoms with E-state index in [1.165, 1.54) is 19.1 Å². The van der Waals surface area contributed by atoms with Crippen LogP contribution in [0, 0.1) is 5.41 Å². The summed E-state index contributed by atoms with van der Waals surface area (Å²) in [6.45, 7) is 4.01. The number of amides is 2. The van der Waals surface area contributed by atoms with Crippen molar-refractivity contribution >= 4 is 11.8 Å². The molecule has 0 bridgehead atoms. The summed E-state index contributed by atoms with van der Waals surface area (Å²) in [4.78, 5) is 24.8. The van der Waals surface area contributed by atoms with Crippen LogP contribution in [0.25, 0.3) is 0 Å². The molecule has 1 aliphatic rings. The molecule has 2 amide bonds. The number of hydrogen-bond acceptors (Lipinski definition) is 4. The van der Waals surface area contributed by atoms with Crippen LogP contribution in [-0.4, -0.2) is 43.8 Å². The summed E-state index contributed by atoms with van der Waals surface area (Å²) in [6, 6.07) is 0. The normalized spacial score (nSPS) is 20.7. The summed E-state index contributed by atoms with van der Waals surface area (Å²) in [5, 5.41) is 0. The number of nitrogens with zero attached hydrogens (tertiary/aromatic N) is 1. The van der Waals surface area contributed by atoms with E-state index in [2.05, 4.69) is 0 Å². The monoisotopic (exact) mass is 229 g/mol. The molecule has 0 radical (unpaired) electrons. The molecule has 0 unspecified atom stereocenters. The summed E-state index contributed by atoms with van der Waals surface area (Å²) in [7, 11) is 2.97. The summed E-state index contributed by atoms with van der Waals surface area (Å²) < 4.78 is 9.97. The van der Waals surface area contributed by atoms with Crippen LogP contribution in [0.1, 0.15) is 26.7 Å². The number of carbonyl (C=O) groups excluding carboxylic acids is 2. The zero-order valence-electron chi connectivity index (χ0n) is 10.3. The van der Waals surface area contributed by atoms with Gasteiger partial charge in [-0.15, -0.1) is 0 Å². The molecule has 0 aromatic rings. The van der Waals surface area contributed by atoms with Crippen molar-refractivity contribution in [3.05, 3.63) is 0 Å². The van der Waals surface area contributed by atoms with Gasteiger partial charge in [0, 0.05) is 27.1 Å². The van der Waals surface area contributed by atoms with Crippen molar-refractivity contribution < 1.29 is 19.1 Å². The fraction of sp³-hybridized carbons (Fsp3) is 0.818. The van der Waals surface area contributed by atoms with Gasteiger partial charge in [-0.1, -0.05) is 13.8 Å². The first-order valence-electron chi connectivity index (χ1n) is 5.28. The summed E-state index contributed by atoms with van der Waals surface area (Å²) >= 11 is 0. The molecule has 1 aliphatic heterocycles. The SMILES string of the molecule is COC(CN1C(=O)CC(C)(C)CC1=O)OC. The number of ether oxygens (including phenoxy) is 2. The van der Waals surface area contributed by atoms with Gasteiger partial charge in [-0.25, -0.2) is 0 Å². The number of carbonyl (C=O) groups is 2. The number of methoxy groups -OCH3 is 2. The van der Waals surface area contributed by atoms with E-state index in [4.69, 9.17) is 9.47 Å². The molecule has 5 heteroatoms. The van der Waals surface area contributed by atoms with E-state index in [0.29, 0.717) is 12.8 Å². The van der Waals surface area contributed by atoms with Crippen LogP contribution >= 0.6 is 0 Å². The third kappa shape index (κ3) is 3.02. The molecule has 1 heterocycles. The molecular weight excluding hydrogens is 210 g/mol. The van der Waals surface area contributed by atoms with Crippen molar-refractivity contribution in [3.63, 3.8) is 0 Å². The van der Waals surface area contributed by atoms with E-state index in [1.54, 1.807) is 0 Å². The lowest BCUT2D eigenvalue weighted by Crippen LogP contribution is -2.49. The van der Waals surface area contributed by atoms with E-state index in [9.17, 15) is 9.59 Å². The second-order valence-corrected chi connectivity index (χ2v) is 4.82. The molecule has 92 valence electrons. The lowest BCUT2D eigenvalue weighted by Gasteiger charge is -2.35. The first-order chi connectivity index (χ1) is 7.39. The summed E-state index contributed by atoms with van der Waals surface area (Å²) in [6.07, 6.45) is 0.228. The van der Waals surface area contributed by atoms with E-state index < -0.39 is 6.29 Å². The van der Waals surface area contributed by atoms with Crippen LogP contribution in [0.2, 0.25) is 0 Å². The molecule has 1 fully saturated rings.